The van der Waals surface area contributed by atoms with Gasteiger partial charge in [0.15, 0.2) is 0 Å². The van der Waals surface area contributed by atoms with Crippen LogP contribution < -0.4 is 5.32 Å². The van der Waals surface area contributed by atoms with Crippen molar-refractivity contribution in [3.63, 3.8) is 0 Å². The van der Waals surface area contributed by atoms with Gasteiger partial charge in [0.2, 0.25) is 0 Å². The summed E-state index contributed by atoms with van der Waals surface area (Å²) in [5.74, 6) is 0. The number of nitrogens with zero attached hydrogens (tertiary/aromatic N) is 1. The van der Waals surface area contributed by atoms with E-state index in [4.69, 9.17) is 4.74 Å². The second-order valence-electron chi connectivity index (χ2n) is 7.03. The molecule has 0 saturated carbocycles. The van der Waals surface area contributed by atoms with Crippen molar-refractivity contribution in [1.82, 2.24) is 10.2 Å². The van der Waals surface area contributed by atoms with Crippen LogP contribution in [-0.2, 0) is 4.74 Å². The Bertz CT molecular complexity index is 296. The summed E-state index contributed by atoms with van der Waals surface area (Å²) in [6.45, 7) is 14.3. The first-order valence-electron chi connectivity index (χ1n) is 7.37. The molecule has 4 heteroatoms. The summed E-state index contributed by atoms with van der Waals surface area (Å²) in [7, 11) is 0. The number of carbonyl (C=O) groups is 1. The number of rotatable bonds is 0. The van der Waals surface area contributed by atoms with Crippen LogP contribution in [0, 0.1) is 0 Å². The number of carbonyl (C=O) groups excluding carboxylic acids is 1. The summed E-state index contributed by atoms with van der Waals surface area (Å²) in [5.41, 5.74) is -0.436. The van der Waals surface area contributed by atoms with Gasteiger partial charge in [-0.2, -0.15) is 0 Å². The van der Waals surface area contributed by atoms with Crippen molar-refractivity contribution in [1.29, 1.82) is 0 Å². The van der Waals surface area contributed by atoms with Gasteiger partial charge in [0.1, 0.15) is 5.60 Å². The zero-order valence-electron chi connectivity index (χ0n) is 13.5. The Morgan fingerprint density at radius 3 is 1.84 bits per heavy atom. The van der Waals surface area contributed by atoms with Gasteiger partial charge < -0.3 is 15.0 Å². The van der Waals surface area contributed by atoms with Crippen molar-refractivity contribution >= 4 is 6.09 Å². The molecule has 0 bridgehead atoms. The first-order chi connectivity index (χ1) is 8.60. The third-order valence-electron chi connectivity index (χ3n) is 3.51. The molecule has 1 fully saturated rings. The standard InChI is InChI=1S/C15H30N2O2/c1-10-8-12(3)17(13(4)9-11(2)16-10)14(18)19-15(5,6)7/h10-13,16H,8-9H2,1-7H3. The Hall–Kier alpha value is -0.770. The molecule has 1 heterocycles. The van der Waals surface area contributed by atoms with Crippen molar-refractivity contribution in [2.75, 3.05) is 0 Å². The van der Waals surface area contributed by atoms with Crippen LogP contribution >= 0.6 is 0 Å². The van der Waals surface area contributed by atoms with E-state index in [1.807, 2.05) is 25.7 Å². The maximum Gasteiger partial charge on any atom is 0.410 e. The van der Waals surface area contributed by atoms with Gasteiger partial charge in [-0.05, 0) is 61.3 Å². The van der Waals surface area contributed by atoms with Gasteiger partial charge in [-0.3, -0.25) is 0 Å². The minimum Gasteiger partial charge on any atom is -0.444 e. The summed E-state index contributed by atoms with van der Waals surface area (Å²) in [5, 5.41) is 3.57. The summed E-state index contributed by atoms with van der Waals surface area (Å²) in [6, 6.07) is 1.23. The highest BCUT2D eigenvalue weighted by Gasteiger charge is 2.33. The maximum absolute atomic E-state index is 12.4. The van der Waals surface area contributed by atoms with E-state index in [0.29, 0.717) is 12.1 Å². The molecule has 0 aliphatic carbocycles. The van der Waals surface area contributed by atoms with Gasteiger partial charge in [0, 0.05) is 24.2 Å². The van der Waals surface area contributed by atoms with E-state index in [0.717, 1.165) is 12.8 Å². The molecular formula is C15H30N2O2. The minimum absolute atomic E-state index is 0.186. The normalized spacial score (nSPS) is 33.5. The average Bonchev–Trinajstić information content (AvgIpc) is 2.10. The number of nitrogens with one attached hydrogen (secondary N) is 1. The zero-order valence-corrected chi connectivity index (χ0v) is 13.5. The van der Waals surface area contributed by atoms with Crippen LogP contribution in [0.3, 0.4) is 0 Å². The Morgan fingerprint density at radius 1 is 1.05 bits per heavy atom. The molecule has 1 amide bonds. The highest BCUT2D eigenvalue weighted by molar-refractivity contribution is 5.69. The van der Waals surface area contributed by atoms with E-state index in [9.17, 15) is 4.79 Å². The highest BCUT2D eigenvalue weighted by atomic mass is 16.6. The quantitative estimate of drug-likeness (QED) is 0.735. The molecular weight excluding hydrogens is 240 g/mol. The first kappa shape index (κ1) is 16.3. The monoisotopic (exact) mass is 270 g/mol. The molecule has 112 valence electrons. The molecule has 1 aliphatic heterocycles. The van der Waals surface area contributed by atoms with E-state index < -0.39 is 5.60 Å². The molecule has 0 aromatic heterocycles. The average molecular weight is 270 g/mol. The molecule has 0 aromatic carbocycles. The Balaban J connectivity index is 2.83. The van der Waals surface area contributed by atoms with Gasteiger partial charge in [-0.15, -0.1) is 0 Å². The largest absolute Gasteiger partial charge is 0.444 e. The predicted octanol–water partition coefficient (Wildman–Crippen LogP) is 3.16. The lowest BCUT2D eigenvalue weighted by Crippen LogP contribution is -2.53. The molecule has 0 radical (unpaired) electrons. The van der Waals surface area contributed by atoms with E-state index in [2.05, 4.69) is 33.0 Å². The fourth-order valence-corrected chi connectivity index (χ4v) is 2.98. The van der Waals surface area contributed by atoms with Gasteiger partial charge in [0.25, 0.3) is 0 Å². The Kier molecular flexibility index (Phi) is 5.25. The van der Waals surface area contributed by atoms with Gasteiger partial charge >= 0.3 is 6.09 Å². The zero-order chi connectivity index (χ0) is 14.8. The van der Waals surface area contributed by atoms with Crippen LogP contribution in [0.4, 0.5) is 4.79 Å². The molecule has 1 rings (SSSR count). The third kappa shape index (κ3) is 5.01. The van der Waals surface area contributed by atoms with Crippen LogP contribution in [0.2, 0.25) is 0 Å². The molecule has 0 spiro atoms. The van der Waals surface area contributed by atoms with E-state index in [1.165, 1.54) is 0 Å². The van der Waals surface area contributed by atoms with Crippen molar-refractivity contribution < 1.29 is 9.53 Å². The Labute approximate surface area is 117 Å². The second-order valence-corrected chi connectivity index (χ2v) is 7.03. The van der Waals surface area contributed by atoms with E-state index in [1.54, 1.807) is 0 Å². The smallest absolute Gasteiger partial charge is 0.410 e. The molecule has 1 N–H and O–H groups in total. The van der Waals surface area contributed by atoms with Crippen molar-refractivity contribution in [3.05, 3.63) is 0 Å². The van der Waals surface area contributed by atoms with Gasteiger partial charge in [-0.25, -0.2) is 4.79 Å². The lowest BCUT2D eigenvalue weighted by atomic mass is 9.99. The van der Waals surface area contributed by atoms with Crippen LogP contribution in [0.5, 0.6) is 0 Å². The van der Waals surface area contributed by atoms with Crippen molar-refractivity contribution in [2.45, 2.75) is 91.1 Å². The van der Waals surface area contributed by atoms with Crippen LogP contribution in [0.15, 0.2) is 0 Å². The summed E-state index contributed by atoms with van der Waals surface area (Å²) in [6.07, 6.45) is 1.72. The van der Waals surface area contributed by atoms with Crippen molar-refractivity contribution in [2.24, 2.45) is 0 Å². The number of amides is 1. The topological polar surface area (TPSA) is 41.6 Å². The second kappa shape index (κ2) is 6.12. The van der Waals surface area contributed by atoms with Crippen LogP contribution in [-0.4, -0.2) is 40.8 Å². The summed E-state index contributed by atoms with van der Waals surface area (Å²) < 4.78 is 5.55. The predicted molar refractivity (Wildman–Crippen MR) is 78.3 cm³/mol. The molecule has 19 heavy (non-hydrogen) atoms. The third-order valence-corrected chi connectivity index (χ3v) is 3.51. The molecule has 4 nitrogen and oxygen atoms in total. The molecule has 4 atom stereocenters. The molecule has 1 saturated heterocycles. The fraction of sp³-hybridized carbons (Fsp3) is 0.933. The van der Waals surface area contributed by atoms with E-state index in [-0.39, 0.29) is 18.2 Å². The lowest BCUT2D eigenvalue weighted by Gasteiger charge is -2.40. The minimum atomic E-state index is -0.436. The number of hydrogen-bond acceptors (Lipinski definition) is 3. The first-order valence-corrected chi connectivity index (χ1v) is 7.37. The van der Waals surface area contributed by atoms with Crippen LogP contribution in [0.25, 0.3) is 0 Å². The molecule has 4 unspecified atom stereocenters. The summed E-state index contributed by atoms with van der Waals surface area (Å²) in [4.78, 5) is 14.3. The summed E-state index contributed by atoms with van der Waals surface area (Å²) >= 11 is 0. The van der Waals surface area contributed by atoms with E-state index >= 15 is 0 Å². The Morgan fingerprint density at radius 2 is 1.47 bits per heavy atom. The van der Waals surface area contributed by atoms with Gasteiger partial charge in [0.05, 0.1) is 0 Å². The van der Waals surface area contributed by atoms with Crippen molar-refractivity contribution in [3.8, 4) is 0 Å². The number of ether oxygens (including phenoxy) is 1. The molecule has 0 aromatic rings. The lowest BCUT2D eigenvalue weighted by molar-refractivity contribution is 0.00235. The molecule has 1 aliphatic rings. The fourth-order valence-electron chi connectivity index (χ4n) is 2.98. The number of hydrogen-bond donors (Lipinski definition) is 1. The SMILES string of the molecule is CC1CC(C)N(C(=O)OC(C)(C)C)C(C)CC(C)N1. The maximum atomic E-state index is 12.4. The highest BCUT2D eigenvalue weighted by Crippen LogP contribution is 2.21. The van der Waals surface area contributed by atoms with Gasteiger partial charge in [-0.1, -0.05) is 0 Å². The van der Waals surface area contributed by atoms with Crippen LogP contribution in [0.1, 0.15) is 61.3 Å².